The third-order valence-corrected chi connectivity index (χ3v) is 6.25. The number of anilines is 1. The van der Waals surface area contributed by atoms with Gasteiger partial charge < -0.3 is 9.64 Å². The van der Waals surface area contributed by atoms with Crippen molar-refractivity contribution in [3.63, 3.8) is 0 Å². The minimum Gasteiger partial charge on any atom is -0.497 e. The average molecular weight is 416 g/mol. The highest BCUT2D eigenvalue weighted by Gasteiger charge is 2.26. The number of rotatable bonds is 5. The summed E-state index contributed by atoms with van der Waals surface area (Å²) in [6, 6.07) is 12.4. The molecule has 4 heterocycles. The van der Waals surface area contributed by atoms with Crippen LogP contribution in [0.4, 0.5) is 5.82 Å². The van der Waals surface area contributed by atoms with Crippen LogP contribution in [0.25, 0.3) is 11.4 Å². The highest BCUT2D eigenvalue weighted by atomic mass is 16.5. The molecule has 0 bridgehead atoms. The topological polar surface area (TPSA) is 54.4 Å². The summed E-state index contributed by atoms with van der Waals surface area (Å²) in [5.41, 5.74) is 4.81. The van der Waals surface area contributed by atoms with Gasteiger partial charge in [0, 0.05) is 62.7 Å². The van der Waals surface area contributed by atoms with Crippen molar-refractivity contribution in [1.82, 2.24) is 19.9 Å². The van der Waals surface area contributed by atoms with Crippen LogP contribution >= 0.6 is 0 Å². The van der Waals surface area contributed by atoms with E-state index in [4.69, 9.17) is 14.7 Å². The lowest BCUT2D eigenvalue weighted by atomic mass is 10.0. The van der Waals surface area contributed by atoms with E-state index >= 15 is 0 Å². The second-order valence-corrected chi connectivity index (χ2v) is 8.39. The lowest BCUT2D eigenvalue weighted by Crippen LogP contribution is -2.36. The Morgan fingerprint density at radius 2 is 1.81 bits per heavy atom. The number of hydrogen-bond donors (Lipinski definition) is 0. The molecule has 1 fully saturated rings. The molecular formula is C25H29N5O. The Morgan fingerprint density at radius 1 is 0.968 bits per heavy atom. The molecule has 2 aromatic heterocycles. The van der Waals surface area contributed by atoms with Crippen LogP contribution in [-0.4, -0.2) is 46.6 Å². The number of methoxy groups -OCH3 is 1. The van der Waals surface area contributed by atoms with Crippen LogP contribution in [0.15, 0.2) is 48.8 Å². The molecule has 1 saturated heterocycles. The maximum absolute atomic E-state index is 5.40. The van der Waals surface area contributed by atoms with Crippen molar-refractivity contribution in [2.45, 2.75) is 38.8 Å². The van der Waals surface area contributed by atoms with Crippen LogP contribution in [0.3, 0.4) is 0 Å². The van der Waals surface area contributed by atoms with Crippen molar-refractivity contribution in [2.75, 3.05) is 31.6 Å². The number of ether oxygens (including phenoxy) is 1. The lowest BCUT2D eigenvalue weighted by molar-refractivity contribution is 0.242. The van der Waals surface area contributed by atoms with Gasteiger partial charge in [0.25, 0.3) is 0 Å². The summed E-state index contributed by atoms with van der Waals surface area (Å²) in [6.07, 6.45) is 8.35. The number of pyridine rings is 1. The first-order chi connectivity index (χ1) is 15.3. The molecule has 0 atom stereocenters. The smallest absolute Gasteiger partial charge is 0.161 e. The lowest BCUT2D eigenvalue weighted by Gasteiger charge is -2.34. The Balaban J connectivity index is 1.46. The molecule has 0 saturated carbocycles. The number of piperidine rings is 1. The maximum atomic E-state index is 5.40. The molecule has 0 radical (unpaired) electrons. The minimum absolute atomic E-state index is 0.822. The standard InChI is InChI=1S/C25H29N5O/c1-31-21-7-5-6-19(16-21)17-29-15-10-23-22(18-29)25(30-13-3-2-4-14-30)28-24(27-23)20-8-11-26-12-9-20/h5-9,11-12,16H,2-4,10,13-15,17-18H2,1H3. The van der Waals surface area contributed by atoms with Crippen LogP contribution in [0, 0.1) is 0 Å². The van der Waals surface area contributed by atoms with Gasteiger partial charge >= 0.3 is 0 Å². The second-order valence-electron chi connectivity index (χ2n) is 8.39. The molecule has 0 spiro atoms. The minimum atomic E-state index is 0.822. The van der Waals surface area contributed by atoms with Crippen LogP contribution in [-0.2, 0) is 19.5 Å². The van der Waals surface area contributed by atoms with Crippen molar-refractivity contribution in [1.29, 1.82) is 0 Å². The third kappa shape index (κ3) is 4.39. The molecule has 160 valence electrons. The first kappa shape index (κ1) is 19.9. The van der Waals surface area contributed by atoms with Crippen LogP contribution in [0.1, 0.15) is 36.1 Å². The van der Waals surface area contributed by atoms with Gasteiger partial charge in [-0.1, -0.05) is 12.1 Å². The summed E-state index contributed by atoms with van der Waals surface area (Å²) in [6.45, 7) is 4.94. The Labute approximate surface area is 183 Å². The normalized spacial score (nSPS) is 16.7. The van der Waals surface area contributed by atoms with E-state index in [1.54, 1.807) is 7.11 Å². The summed E-state index contributed by atoms with van der Waals surface area (Å²) < 4.78 is 5.40. The quantitative estimate of drug-likeness (QED) is 0.625. The molecule has 0 unspecified atom stereocenters. The largest absolute Gasteiger partial charge is 0.497 e. The molecule has 6 nitrogen and oxygen atoms in total. The molecule has 6 heteroatoms. The number of benzene rings is 1. The molecule has 0 aliphatic carbocycles. The summed E-state index contributed by atoms with van der Waals surface area (Å²) >= 11 is 0. The van der Waals surface area contributed by atoms with Crippen molar-refractivity contribution in [3.05, 3.63) is 65.6 Å². The van der Waals surface area contributed by atoms with E-state index in [-0.39, 0.29) is 0 Å². The van der Waals surface area contributed by atoms with Crippen molar-refractivity contribution < 1.29 is 4.74 Å². The number of fused-ring (bicyclic) bond motifs is 1. The Bertz CT molecular complexity index is 1030. The Hall–Kier alpha value is -2.99. The molecule has 1 aromatic carbocycles. The van der Waals surface area contributed by atoms with Crippen LogP contribution < -0.4 is 9.64 Å². The van der Waals surface area contributed by atoms with Gasteiger partial charge in [-0.2, -0.15) is 0 Å². The van der Waals surface area contributed by atoms with E-state index in [9.17, 15) is 0 Å². The molecule has 0 N–H and O–H groups in total. The predicted octanol–water partition coefficient (Wildman–Crippen LogP) is 4.10. The number of hydrogen-bond acceptors (Lipinski definition) is 6. The molecular weight excluding hydrogens is 386 g/mol. The van der Waals surface area contributed by atoms with Gasteiger partial charge in [-0.25, -0.2) is 9.97 Å². The highest BCUT2D eigenvalue weighted by molar-refractivity contribution is 5.60. The van der Waals surface area contributed by atoms with Crippen LogP contribution in [0.2, 0.25) is 0 Å². The molecule has 2 aliphatic rings. The zero-order valence-electron chi connectivity index (χ0n) is 18.1. The SMILES string of the molecule is COc1cccc(CN2CCc3nc(-c4ccncc4)nc(N4CCCCC4)c3C2)c1. The van der Waals surface area contributed by atoms with E-state index in [0.29, 0.717) is 0 Å². The van der Waals surface area contributed by atoms with E-state index < -0.39 is 0 Å². The molecule has 0 amide bonds. The zero-order valence-corrected chi connectivity index (χ0v) is 18.1. The zero-order chi connectivity index (χ0) is 21.0. The van der Waals surface area contributed by atoms with E-state index in [2.05, 4.69) is 33.0 Å². The fraction of sp³-hybridized carbons (Fsp3) is 0.400. The van der Waals surface area contributed by atoms with Gasteiger partial charge in [-0.05, 0) is 49.1 Å². The molecule has 5 rings (SSSR count). The van der Waals surface area contributed by atoms with E-state index in [0.717, 1.165) is 62.1 Å². The highest BCUT2D eigenvalue weighted by Crippen LogP contribution is 2.31. The van der Waals surface area contributed by atoms with Crippen LogP contribution in [0.5, 0.6) is 5.75 Å². The summed E-state index contributed by atoms with van der Waals surface area (Å²) in [7, 11) is 1.72. The summed E-state index contributed by atoms with van der Waals surface area (Å²) in [5.74, 6) is 2.86. The van der Waals surface area contributed by atoms with Crippen molar-refractivity contribution >= 4 is 5.82 Å². The molecule has 31 heavy (non-hydrogen) atoms. The summed E-state index contributed by atoms with van der Waals surface area (Å²) in [4.78, 5) is 19.2. The predicted molar refractivity (Wildman–Crippen MR) is 122 cm³/mol. The van der Waals surface area contributed by atoms with Gasteiger partial charge in [0.05, 0.1) is 12.8 Å². The van der Waals surface area contributed by atoms with Gasteiger partial charge in [0.1, 0.15) is 11.6 Å². The molecule has 2 aliphatic heterocycles. The number of aromatic nitrogens is 3. The Morgan fingerprint density at radius 3 is 2.61 bits per heavy atom. The maximum Gasteiger partial charge on any atom is 0.161 e. The third-order valence-electron chi connectivity index (χ3n) is 6.25. The van der Waals surface area contributed by atoms with E-state index in [1.807, 2.05) is 30.6 Å². The van der Waals surface area contributed by atoms with Crippen molar-refractivity contribution in [2.24, 2.45) is 0 Å². The summed E-state index contributed by atoms with van der Waals surface area (Å²) in [5, 5.41) is 0. The fourth-order valence-electron chi connectivity index (χ4n) is 4.61. The first-order valence-electron chi connectivity index (χ1n) is 11.2. The van der Waals surface area contributed by atoms with Gasteiger partial charge in [0.2, 0.25) is 0 Å². The first-order valence-corrected chi connectivity index (χ1v) is 11.2. The Kier molecular flexibility index (Phi) is 5.80. The van der Waals surface area contributed by atoms with Gasteiger partial charge in [-0.3, -0.25) is 9.88 Å². The molecule has 3 aromatic rings. The monoisotopic (exact) mass is 415 g/mol. The van der Waals surface area contributed by atoms with E-state index in [1.165, 1.54) is 36.1 Å². The van der Waals surface area contributed by atoms with Gasteiger partial charge in [-0.15, -0.1) is 0 Å². The average Bonchev–Trinajstić information content (AvgIpc) is 2.84. The van der Waals surface area contributed by atoms with Gasteiger partial charge in [0.15, 0.2) is 5.82 Å². The number of nitrogens with zero attached hydrogens (tertiary/aromatic N) is 5. The second kappa shape index (κ2) is 9.02. The van der Waals surface area contributed by atoms with Crippen molar-refractivity contribution in [3.8, 4) is 17.1 Å². The fourth-order valence-corrected chi connectivity index (χ4v) is 4.61.